The SMILES string of the molecule is Cc1ccc(C(N)=O)c(-c2cc(Nc3cnccc3S(C)(=O)=O)cc3nccnc23)c1.Cn1ccc2ccc(-c3cc(Nc4cnccc4C(=O)NC4CCNC(=O)C4)cc4nccnc34)cc21. The zero-order valence-electron chi connectivity index (χ0n) is 37.1. The van der Waals surface area contributed by atoms with Crippen LogP contribution >= 0.6 is 0 Å². The molecule has 0 bridgehead atoms. The van der Waals surface area contributed by atoms with Crippen LogP contribution in [0.15, 0.2) is 140 Å². The van der Waals surface area contributed by atoms with Gasteiger partial charge >= 0.3 is 0 Å². The summed E-state index contributed by atoms with van der Waals surface area (Å²) in [6, 6.07) is 24.1. The van der Waals surface area contributed by atoms with Crippen molar-refractivity contribution < 1.29 is 22.8 Å². The maximum Gasteiger partial charge on any atom is 0.253 e. The smallest absolute Gasteiger partial charge is 0.253 e. The van der Waals surface area contributed by atoms with Crippen molar-refractivity contribution in [2.24, 2.45) is 12.8 Å². The molecule has 4 aromatic carbocycles. The first-order valence-electron chi connectivity index (χ1n) is 21.4. The molecule has 1 unspecified atom stereocenters. The number of nitrogens with one attached hydrogen (secondary N) is 4. The molecule has 0 saturated carbocycles. The van der Waals surface area contributed by atoms with E-state index in [0.717, 1.165) is 50.6 Å². The van der Waals surface area contributed by atoms with Crippen molar-refractivity contribution in [2.75, 3.05) is 23.4 Å². The Kier molecular flexibility index (Phi) is 12.2. The fourth-order valence-electron chi connectivity index (χ4n) is 8.22. The van der Waals surface area contributed by atoms with E-state index in [1.54, 1.807) is 61.4 Å². The summed E-state index contributed by atoms with van der Waals surface area (Å²) in [7, 11) is -1.45. The number of hydrogen-bond acceptors (Lipinski definition) is 13. The van der Waals surface area contributed by atoms with Gasteiger partial charge in [-0.2, -0.15) is 0 Å². The van der Waals surface area contributed by atoms with Crippen LogP contribution in [0.25, 0.3) is 55.2 Å². The van der Waals surface area contributed by atoms with Crippen LogP contribution in [-0.2, 0) is 21.7 Å². The molecule has 68 heavy (non-hydrogen) atoms. The number of rotatable bonds is 10. The van der Waals surface area contributed by atoms with Crippen LogP contribution in [-0.4, -0.2) is 79.5 Å². The normalized spacial score (nSPS) is 13.6. The lowest BCUT2D eigenvalue weighted by atomic mass is 9.95. The Morgan fingerprint density at radius 3 is 2.10 bits per heavy atom. The van der Waals surface area contributed by atoms with E-state index >= 15 is 0 Å². The number of benzene rings is 4. The van der Waals surface area contributed by atoms with E-state index in [0.29, 0.717) is 63.3 Å². The maximum atomic E-state index is 13.1. The number of anilines is 4. The number of piperidine rings is 1. The third-order valence-electron chi connectivity index (χ3n) is 11.5. The van der Waals surface area contributed by atoms with Crippen molar-refractivity contribution in [2.45, 2.75) is 30.7 Å². The quantitative estimate of drug-likeness (QED) is 0.0914. The zero-order chi connectivity index (χ0) is 47.5. The third kappa shape index (κ3) is 9.52. The minimum atomic E-state index is -3.47. The predicted octanol–water partition coefficient (Wildman–Crippen LogP) is 7.18. The second-order valence-corrected chi connectivity index (χ2v) is 18.3. The Hall–Kier alpha value is -8.64. The van der Waals surface area contributed by atoms with Gasteiger partial charge in [0.1, 0.15) is 0 Å². The van der Waals surface area contributed by atoms with Gasteiger partial charge in [0, 0.05) is 109 Å². The lowest BCUT2D eigenvalue weighted by molar-refractivity contribution is -0.122. The van der Waals surface area contributed by atoms with Gasteiger partial charge in [0.25, 0.3) is 5.91 Å². The number of amides is 3. The molecule has 10 rings (SSSR count). The van der Waals surface area contributed by atoms with Crippen molar-refractivity contribution in [3.63, 3.8) is 0 Å². The minimum Gasteiger partial charge on any atom is -0.366 e. The highest BCUT2D eigenvalue weighted by Crippen LogP contribution is 2.36. The van der Waals surface area contributed by atoms with Gasteiger partial charge in [0.2, 0.25) is 11.8 Å². The highest BCUT2D eigenvalue weighted by atomic mass is 32.2. The molecule has 1 atom stereocenters. The number of fused-ring (bicyclic) bond motifs is 3. The van der Waals surface area contributed by atoms with Crippen LogP contribution in [0, 0.1) is 6.92 Å². The van der Waals surface area contributed by atoms with Crippen molar-refractivity contribution in [3.8, 4) is 22.3 Å². The number of hydrogen-bond donors (Lipinski definition) is 5. The van der Waals surface area contributed by atoms with Crippen molar-refractivity contribution in [1.82, 2.24) is 45.1 Å². The fraction of sp³-hybridized carbons (Fsp3) is 0.140. The Morgan fingerprint density at radius 1 is 0.735 bits per heavy atom. The molecule has 1 saturated heterocycles. The van der Waals surface area contributed by atoms with Crippen LogP contribution < -0.4 is 27.0 Å². The summed E-state index contributed by atoms with van der Waals surface area (Å²) in [4.78, 5) is 63.3. The Bertz CT molecular complexity index is 3560. The second-order valence-electron chi connectivity index (χ2n) is 16.3. The summed E-state index contributed by atoms with van der Waals surface area (Å²) in [5, 5.41) is 13.4. The van der Waals surface area contributed by atoms with E-state index in [4.69, 9.17) is 5.73 Å². The molecule has 0 radical (unpaired) electrons. The molecule has 0 spiro atoms. The van der Waals surface area contributed by atoms with E-state index in [1.807, 2.05) is 44.4 Å². The van der Waals surface area contributed by atoms with E-state index in [9.17, 15) is 22.8 Å². The van der Waals surface area contributed by atoms with Gasteiger partial charge in [-0.1, -0.05) is 29.8 Å². The second kappa shape index (κ2) is 18.7. The highest BCUT2D eigenvalue weighted by molar-refractivity contribution is 7.90. The molecular weight excluding hydrogens is 881 g/mol. The first kappa shape index (κ1) is 44.6. The molecule has 1 aliphatic heterocycles. The average Bonchev–Trinajstić information content (AvgIpc) is 3.70. The van der Waals surface area contributed by atoms with Gasteiger partial charge in [-0.3, -0.25) is 44.3 Å². The van der Waals surface area contributed by atoms with E-state index < -0.39 is 15.7 Å². The lowest BCUT2D eigenvalue weighted by Gasteiger charge is -2.23. The van der Waals surface area contributed by atoms with E-state index in [1.165, 1.54) is 18.5 Å². The summed E-state index contributed by atoms with van der Waals surface area (Å²) in [6.45, 7) is 2.47. The largest absolute Gasteiger partial charge is 0.366 e. The summed E-state index contributed by atoms with van der Waals surface area (Å²) in [5.41, 5.74) is 16.6. The molecule has 340 valence electrons. The number of aryl methyl sites for hydroxylation is 2. The van der Waals surface area contributed by atoms with Gasteiger partial charge in [-0.05, 0) is 84.5 Å². The monoisotopic (exact) mass is 924 g/mol. The number of sulfone groups is 1. The number of nitrogens with zero attached hydrogens (tertiary/aromatic N) is 7. The van der Waals surface area contributed by atoms with Gasteiger partial charge in [0.05, 0.1) is 56.3 Å². The summed E-state index contributed by atoms with van der Waals surface area (Å²) >= 11 is 0. The van der Waals surface area contributed by atoms with Gasteiger partial charge in [-0.25, -0.2) is 8.42 Å². The molecule has 18 heteroatoms. The number of carbonyl (C=O) groups is 3. The number of carbonyl (C=O) groups excluding carboxylic acids is 3. The van der Waals surface area contributed by atoms with Crippen LogP contribution in [0.2, 0.25) is 0 Å². The van der Waals surface area contributed by atoms with Gasteiger partial charge in [0.15, 0.2) is 9.84 Å². The van der Waals surface area contributed by atoms with Crippen LogP contribution in [0.3, 0.4) is 0 Å². The topological polar surface area (TPSA) is 242 Å². The van der Waals surface area contributed by atoms with Crippen LogP contribution in [0.1, 0.15) is 39.1 Å². The summed E-state index contributed by atoms with van der Waals surface area (Å²) < 4.78 is 26.4. The van der Waals surface area contributed by atoms with Crippen molar-refractivity contribution in [3.05, 3.63) is 151 Å². The number of pyridine rings is 2. The standard InChI is InChI=1S/C28H25N7O2.C22H19N5O3S/c1-35-11-6-17-2-3-18(12-25(17)35)22-13-20(14-23-27(22)32-10-9-30-23)33-24-16-29-7-5-21(24)28(37)34-19-4-8-31-26(36)15-19;1-13-3-4-15(22(23)28)16(9-13)17-10-14(11-18-21(17)26-8-7-25-18)27-19-12-24-6-5-20(19)31(2,29)30/h2-3,5-7,9-14,16,19,33H,4,8,15H2,1H3,(H,31,36)(H,34,37);3-12,27H,1-2H3,(H2,23,28). The van der Waals surface area contributed by atoms with Crippen molar-refractivity contribution >= 4 is 83.3 Å². The zero-order valence-corrected chi connectivity index (χ0v) is 37.9. The molecule has 6 heterocycles. The van der Waals surface area contributed by atoms with E-state index in [-0.39, 0.29) is 29.2 Å². The maximum absolute atomic E-state index is 13.1. The van der Waals surface area contributed by atoms with Gasteiger partial charge in [-0.15, -0.1) is 0 Å². The Morgan fingerprint density at radius 2 is 1.40 bits per heavy atom. The van der Waals surface area contributed by atoms with E-state index in [2.05, 4.69) is 80.0 Å². The molecule has 3 amide bonds. The van der Waals surface area contributed by atoms with Gasteiger partial charge < -0.3 is 31.6 Å². The minimum absolute atomic E-state index is 0.0528. The van der Waals surface area contributed by atoms with Crippen LogP contribution in [0.5, 0.6) is 0 Å². The Labute approximate surface area is 390 Å². The predicted molar refractivity (Wildman–Crippen MR) is 261 cm³/mol. The molecule has 17 nitrogen and oxygen atoms in total. The first-order valence-corrected chi connectivity index (χ1v) is 23.3. The summed E-state index contributed by atoms with van der Waals surface area (Å²) in [6.07, 6.45) is 16.7. The lowest BCUT2D eigenvalue weighted by Crippen LogP contribution is -2.45. The molecular formula is C50H44N12O5S. The summed E-state index contributed by atoms with van der Waals surface area (Å²) in [5.74, 6) is -0.862. The molecule has 5 aromatic heterocycles. The van der Waals surface area contributed by atoms with Crippen LogP contribution in [0.4, 0.5) is 22.7 Å². The molecule has 1 aliphatic rings. The molecule has 9 aromatic rings. The Balaban J connectivity index is 0.000000173. The molecule has 1 fully saturated rings. The average molecular weight is 925 g/mol. The first-order chi connectivity index (χ1) is 32.8. The number of primary amides is 1. The third-order valence-corrected chi connectivity index (χ3v) is 12.6. The van der Waals surface area contributed by atoms with Crippen molar-refractivity contribution in [1.29, 1.82) is 0 Å². The molecule has 0 aliphatic carbocycles. The number of nitrogens with two attached hydrogens (primary N) is 1. The number of aromatic nitrogens is 7. The fourth-order valence-corrected chi connectivity index (χ4v) is 9.03. The molecule has 6 N–H and O–H groups in total. The highest BCUT2D eigenvalue weighted by Gasteiger charge is 2.23.